The van der Waals surface area contributed by atoms with Crippen LogP contribution in [0, 0.1) is 0 Å². The standard InChI is InChI=1S/C5H10OSi/c1-3-4-5(2)6-7/h3-4H,2H2,1,7H3. The SMILES string of the molecule is C=C(C=CC)O[SiH3]. The van der Waals surface area contributed by atoms with Gasteiger partial charge in [-0.25, -0.2) is 0 Å². The van der Waals surface area contributed by atoms with Crippen molar-refractivity contribution in [2.45, 2.75) is 6.92 Å². The van der Waals surface area contributed by atoms with E-state index >= 15 is 0 Å². The van der Waals surface area contributed by atoms with Gasteiger partial charge in [0, 0.05) is 0 Å². The Hall–Kier alpha value is -0.503. The molecule has 0 N–H and O–H groups in total. The van der Waals surface area contributed by atoms with Crippen LogP contribution in [-0.4, -0.2) is 10.5 Å². The van der Waals surface area contributed by atoms with Gasteiger partial charge in [-0.3, -0.25) is 0 Å². The lowest BCUT2D eigenvalue weighted by atomic mass is 10.5. The molecule has 0 fully saturated rings. The van der Waals surface area contributed by atoms with E-state index in [1.807, 2.05) is 19.1 Å². The van der Waals surface area contributed by atoms with Crippen LogP contribution in [0.3, 0.4) is 0 Å². The lowest BCUT2D eigenvalue weighted by Crippen LogP contribution is -1.77. The molecule has 0 aromatic carbocycles. The fourth-order valence-electron chi connectivity index (χ4n) is 0.254. The van der Waals surface area contributed by atoms with Gasteiger partial charge >= 0.3 is 0 Å². The highest BCUT2D eigenvalue weighted by Crippen LogP contribution is 1.88. The molecule has 0 aromatic rings. The molecule has 40 valence electrons. The van der Waals surface area contributed by atoms with Crippen molar-refractivity contribution >= 4 is 10.5 Å². The lowest BCUT2D eigenvalue weighted by molar-refractivity contribution is 0.495. The molecule has 0 aliphatic carbocycles. The molecule has 0 saturated heterocycles. The Balaban J connectivity index is 3.37. The van der Waals surface area contributed by atoms with Crippen LogP contribution in [0.2, 0.25) is 0 Å². The summed E-state index contributed by atoms with van der Waals surface area (Å²) < 4.78 is 4.85. The third-order valence-corrected chi connectivity index (χ3v) is 1.14. The smallest absolute Gasteiger partial charge is 0.204 e. The first-order valence-corrected chi connectivity index (χ1v) is 2.98. The maximum atomic E-state index is 4.85. The van der Waals surface area contributed by atoms with E-state index in [1.165, 1.54) is 0 Å². The van der Waals surface area contributed by atoms with Crippen molar-refractivity contribution in [1.29, 1.82) is 0 Å². The largest absolute Gasteiger partial charge is 0.554 e. The monoisotopic (exact) mass is 114 g/mol. The molecular weight excluding hydrogens is 104 g/mol. The molecule has 0 aliphatic rings. The zero-order valence-electron chi connectivity index (χ0n) is 4.77. The predicted octanol–water partition coefficient (Wildman–Crippen LogP) is 0.373. The molecule has 0 aliphatic heterocycles. The second-order valence-corrected chi connectivity index (χ2v) is 1.58. The van der Waals surface area contributed by atoms with Crippen LogP contribution < -0.4 is 0 Å². The van der Waals surface area contributed by atoms with E-state index in [1.54, 1.807) is 0 Å². The van der Waals surface area contributed by atoms with Crippen LogP contribution >= 0.6 is 0 Å². The maximum Gasteiger partial charge on any atom is 0.204 e. The molecule has 0 saturated carbocycles. The van der Waals surface area contributed by atoms with E-state index in [9.17, 15) is 0 Å². The molecule has 0 spiro atoms. The van der Waals surface area contributed by atoms with Gasteiger partial charge in [-0.1, -0.05) is 12.7 Å². The molecule has 0 heterocycles. The van der Waals surface area contributed by atoms with E-state index in [2.05, 4.69) is 6.58 Å². The van der Waals surface area contributed by atoms with Crippen LogP contribution in [0.15, 0.2) is 24.5 Å². The van der Waals surface area contributed by atoms with Crippen molar-refractivity contribution in [1.82, 2.24) is 0 Å². The highest BCUT2D eigenvalue weighted by atomic mass is 28.2. The second kappa shape index (κ2) is 3.68. The maximum absolute atomic E-state index is 4.85. The van der Waals surface area contributed by atoms with Gasteiger partial charge < -0.3 is 4.43 Å². The van der Waals surface area contributed by atoms with E-state index in [0.717, 1.165) is 16.2 Å². The van der Waals surface area contributed by atoms with E-state index < -0.39 is 0 Å². The van der Waals surface area contributed by atoms with E-state index in [-0.39, 0.29) is 0 Å². The summed E-state index contributed by atoms with van der Waals surface area (Å²) in [6.45, 7) is 5.52. The molecule has 2 heteroatoms. The van der Waals surface area contributed by atoms with Gasteiger partial charge in [0.1, 0.15) is 0 Å². The number of rotatable bonds is 2. The Kier molecular flexibility index (Phi) is 3.41. The Bertz CT molecular complexity index is 86.1. The highest BCUT2D eigenvalue weighted by Gasteiger charge is 1.73. The Morgan fingerprint density at radius 3 is 2.57 bits per heavy atom. The fraction of sp³-hybridized carbons (Fsp3) is 0.200. The van der Waals surface area contributed by atoms with Crippen LogP contribution in [0.1, 0.15) is 6.92 Å². The van der Waals surface area contributed by atoms with Gasteiger partial charge in [0.25, 0.3) is 0 Å². The van der Waals surface area contributed by atoms with Crippen LogP contribution in [0.4, 0.5) is 0 Å². The predicted molar refractivity (Wildman–Crippen MR) is 35.0 cm³/mol. The molecule has 7 heavy (non-hydrogen) atoms. The quantitative estimate of drug-likeness (QED) is 0.286. The first-order chi connectivity index (χ1) is 3.31. The summed E-state index contributed by atoms with van der Waals surface area (Å²) >= 11 is 0. The topological polar surface area (TPSA) is 9.23 Å². The molecule has 0 aromatic heterocycles. The van der Waals surface area contributed by atoms with Crippen molar-refractivity contribution in [3.05, 3.63) is 24.5 Å². The molecular formula is C5H10OSi. The van der Waals surface area contributed by atoms with E-state index in [0.29, 0.717) is 0 Å². The molecule has 1 nitrogen and oxygen atoms in total. The van der Waals surface area contributed by atoms with Gasteiger partial charge in [0.2, 0.25) is 10.5 Å². The molecule has 0 unspecified atom stereocenters. The van der Waals surface area contributed by atoms with Crippen LogP contribution in [0.25, 0.3) is 0 Å². The van der Waals surface area contributed by atoms with Gasteiger partial charge in [-0.2, -0.15) is 0 Å². The average Bonchev–Trinajstić information content (AvgIpc) is 1.68. The van der Waals surface area contributed by atoms with Gasteiger partial charge in [0.15, 0.2) is 0 Å². The molecule has 0 amide bonds. The average molecular weight is 114 g/mol. The Morgan fingerprint density at radius 1 is 1.86 bits per heavy atom. The summed E-state index contributed by atoms with van der Waals surface area (Å²) in [6, 6.07) is 0. The van der Waals surface area contributed by atoms with Crippen molar-refractivity contribution < 1.29 is 4.43 Å². The van der Waals surface area contributed by atoms with Crippen molar-refractivity contribution in [3.63, 3.8) is 0 Å². The third-order valence-electron chi connectivity index (χ3n) is 0.615. The zero-order chi connectivity index (χ0) is 5.70. The van der Waals surface area contributed by atoms with Crippen LogP contribution in [0.5, 0.6) is 0 Å². The van der Waals surface area contributed by atoms with Crippen molar-refractivity contribution in [3.8, 4) is 0 Å². The van der Waals surface area contributed by atoms with Crippen molar-refractivity contribution in [2.24, 2.45) is 0 Å². The number of allylic oxidation sites excluding steroid dienone is 2. The third kappa shape index (κ3) is 3.32. The summed E-state index contributed by atoms with van der Waals surface area (Å²) in [4.78, 5) is 0. The van der Waals surface area contributed by atoms with Crippen LogP contribution in [-0.2, 0) is 4.43 Å². The van der Waals surface area contributed by atoms with Crippen molar-refractivity contribution in [2.75, 3.05) is 0 Å². The van der Waals surface area contributed by atoms with Gasteiger partial charge in [-0.15, -0.1) is 0 Å². The van der Waals surface area contributed by atoms with Gasteiger partial charge in [0.05, 0.1) is 5.76 Å². The summed E-state index contributed by atoms with van der Waals surface area (Å²) in [7, 11) is 0.736. The number of hydrogen-bond acceptors (Lipinski definition) is 1. The second-order valence-electron chi connectivity index (χ2n) is 1.17. The minimum atomic E-state index is 0.736. The Labute approximate surface area is 47.2 Å². The highest BCUT2D eigenvalue weighted by molar-refractivity contribution is 5.98. The summed E-state index contributed by atoms with van der Waals surface area (Å²) in [5, 5.41) is 0. The van der Waals surface area contributed by atoms with E-state index in [4.69, 9.17) is 4.43 Å². The molecule has 0 radical (unpaired) electrons. The normalized spacial score (nSPS) is 9.86. The summed E-state index contributed by atoms with van der Waals surface area (Å²) in [5.74, 6) is 0.758. The lowest BCUT2D eigenvalue weighted by Gasteiger charge is -1.93. The summed E-state index contributed by atoms with van der Waals surface area (Å²) in [5.41, 5.74) is 0. The molecule has 0 rings (SSSR count). The zero-order valence-corrected chi connectivity index (χ0v) is 6.77. The number of hydrogen-bond donors (Lipinski definition) is 0. The minimum absolute atomic E-state index is 0.736. The first-order valence-electron chi connectivity index (χ1n) is 2.17. The summed E-state index contributed by atoms with van der Waals surface area (Å²) in [6.07, 6.45) is 3.74. The first kappa shape index (κ1) is 6.50. The molecule has 0 atom stereocenters. The van der Waals surface area contributed by atoms with Gasteiger partial charge in [-0.05, 0) is 13.0 Å². The molecule has 0 bridgehead atoms. The minimum Gasteiger partial charge on any atom is -0.554 e. The fourth-order valence-corrected chi connectivity index (χ4v) is 0.390. The Morgan fingerprint density at radius 2 is 2.43 bits per heavy atom.